The lowest BCUT2D eigenvalue weighted by molar-refractivity contribution is -0.131. The zero-order valence-electron chi connectivity index (χ0n) is 12.1. The predicted molar refractivity (Wildman–Crippen MR) is 81.4 cm³/mol. The van der Waals surface area contributed by atoms with Crippen LogP contribution in [-0.2, 0) is 11.2 Å². The Labute approximate surface area is 121 Å². The molecule has 0 aromatic heterocycles. The monoisotopic (exact) mass is 275 g/mol. The fourth-order valence-electron chi connectivity index (χ4n) is 2.70. The van der Waals surface area contributed by atoms with E-state index >= 15 is 0 Å². The van der Waals surface area contributed by atoms with Gasteiger partial charge >= 0.3 is 0 Å². The number of carbonyl (C=O) groups is 1. The molecule has 0 spiro atoms. The van der Waals surface area contributed by atoms with Gasteiger partial charge in [0, 0.05) is 32.1 Å². The van der Waals surface area contributed by atoms with Gasteiger partial charge in [0.25, 0.3) is 0 Å². The van der Waals surface area contributed by atoms with Crippen molar-refractivity contribution in [3.05, 3.63) is 35.9 Å². The Hall–Kier alpha value is -1.39. The molecule has 1 aromatic rings. The first-order valence-corrected chi connectivity index (χ1v) is 7.54. The van der Waals surface area contributed by atoms with Crippen LogP contribution >= 0.6 is 0 Å². The second kappa shape index (κ2) is 8.02. The van der Waals surface area contributed by atoms with Gasteiger partial charge < -0.3 is 16.0 Å². The SMILES string of the molecule is NCCN(CCc1ccccc1)C(=O)CC1CCCN1. The highest BCUT2D eigenvalue weighted by Gasteiger charge is 2.21. The predicted octanol–water partition coefficient (Wildman–Crippen LogP) is 1.16. The molecule has 3 N–H and O–H groups in total. The topological polar surface area (TPSA) is 58.4 Å². The minimum atomic E-state index is 0.228. The van der Waals surface area contributed by atoms with Crippen molar-refractivity contribution in [3.63, 3.8) is 0 Å². The number of nitrogens with one attached hydrogen (secondary N) is 1. The van der Waals surface area contributed by atoms with E-state index in [-0.39, 0.29) is 5.91 Å². The summed E-state index contributed by atoms with van der Waals surface area (Å²) in [6.07, 6.45) is 3.79. The van der Waals surface area contributed by atoms with Crippen molar-refractivity contribution in [1.82, 2.24) is 10.2 Å². The fourth-order valence-corrected chi connectivity index (χ4v) is 2.70. The molecule has 1 amide bonds. The summed E-state index contributed by atoms with van der Waals surface area (Å²) in [6.45, 7) is 2.97. The Morgan fingerprint density at radius 1 is 1.30 bits per heavy atom. The Morgan fingerprint density at radius 3 is 2.75 bits per heavy atom. The molecule has 1 aliphatic rings. The second-order valence-corrected chi connectivity index (χ2v) is 5.40. The number of rotatable bonds is 7. The minimum absolute atomic E-state index is 0.228. The van der Waals surface area contributed by atoms with E-state index in [1.807, 2.05) is 23.1 Å². The summed E-state index contributed by atoms with van der Waals surface area (Å²) in [4.78, 5) is 14.3. The summed E-state index contributed by atoms with van der Waals surface area (Å²) in [7, 11) is 0. The van der Waals surface area contributed by atoms with Crippen LogP contribution in [0.15, 0.2) is 30.3 Å². The third-order valence-electron chi connectivity index (χ3n) is 3.85. The van der Waals surface area contributed by atoms with Gasteiger partial charge in [0.05, 0.1) is 0 Å². The summed E-state index contributed by atoms with van der Waals surface area (Å²) in [5.74, 6) is 0.228. The fraction of sp³-hybridized carbons (Fsp3) is 0.562. The van der Waals surface area contributed by atoms with Crippen molar-refractivity contribution in [2.45, 2.75) is 31.7 Å². The van der Waals surface area contributed by atoms with Crippen LogP contribution in [0.5, 0.6) is 0 Å². The van der Waals surface area contributed by atoms with Crippen LogP contribution in [0.1, 0.15) is 24.8 Å². The quantitative estimate of drug-likeness (QED) is 0.785. The van der Waals surface area contributed by atoms with E-state index in [1.165, 1.54) is 12.0 Å². The van der Waals surface area contributed by atoms with Gasteiger partial charge in [-0.25, -0.2) is 0 Å². The van der Waals surface area contributed by atoms with Gasteiger partial charge in [0.1, 0.15) is 0 Å². The van der Waals surface area contributed by atoms with E-state index in [0.29, 0.717) is 25.6 Å². The highest BCUT2D eigenvalue weighted by molar-refractivity contribution is 5.76. The third kappa shape index (κ3) is 4.62. The van der Waals surface area contributed by atoms with E-state index in [2.05, 4.69) is 17.4 Å². The molecule has 1 atom stereocenters. The zero-order valence-corrected chi connectivity index (χ0v) is 12.1. The molecule has 4 nitrogen and oxygen atoms in total. The first-order chi connectivity index (χ1) is 9.79. The average molecular weight is 275 g/mol. The Morgan fingerprint density at radius 2 is 2.10 bits per heavy atom. The number of hydrogen-bond acceptors (Lipinski definition) is 3. The first kappa shape index (κ1) is 15.0. The Bertz CT molecular complexity index is 401. The smallest absolute Gasteiger partial charge is 0.224 e. The third-order valence-corrected chi connectivity index (χ3v) is 3.85. The van der Waals surface area contributed by atoms with Gasteiger partial charge in [-0.05, 0) is 31.4 Å². The molecule has 0 aliphatic carbocycles. The second-order valence-electron chi connectivity index (χ2n) is 5.40. The van der Waals surface area contributed by atoms with E-state index in [1.54, 1.807) is 0 Å². The highest BCUT2D eigenvalue weighted by atomic mass is 16.2. The molecule has 110 valence electrons. The zero-order chi connectivity index (χ0) is 14.2. The van der Waals surface area contributed by atoms with Crippen LogP contribution < -0.4 is 11.1 Å². The number of nitrogens with two attached hydrogens (primary N) is 1. The van der Waals surface area contributed by atoms with Crippen LogP contribution in [0.3, 0.4) is 0 Å². The Balaban J connectivity index is 1.83. The van der Waals surface area contributed by atoms with E-state index in [4.69, 9.17) is 5.73 Å². The van der Waals surface area contributed by atoms with Crippen molar-refractivity contribution in [2.24, 2.45) is 5.73 Å². The van der Waals surface area contributed by atoms with Crippen LogP contribution in [0, 0.1) is 0 Å². The van der Waals surface area contributed by atoms with Crippen molar-refractivity contribution in [2.75, 3.05) is 26.2 Å². The van der Waals surface area contributed by atoms with E-state index < -0.39 is 0 Å². The molecule has 1 saturated heterocycles. The normalized spacial score (nSPS) is 18.1. The first-order valence-electron chi connectivity index (χ1n) is 7.54. The Kier molecular flexibility index (Phi) is 6.02. The van der Waals surface area contributed by atoms with Gasteiger partial charge in [0.15, 0.2) is 0 Å². The molecule has 1 heterocycles. The minimum Gasteiger partial charge on any atom is -0.341 e. The molecule has 0 bridgehead atoms. The van der Waals surface area contributed by atoms with Crippen molar-refractivity contribution >= 4 is 5.91 Å². The summed E-state index contributed by atoms with van der Waals surface area (Å²) in [5.41, 5.74) is 6.90. The van der Waals surface area contributed by atoms with Crippen LogP contribution in [-0.4, -0.2) is 43.0 Å². The van der Waals surface area contributed by atoms with E-state index in [9.17, 15) is 4.79 Å². The van der Waals surface area contributed by atoms with Gasteiger partial charge in [-0.3, -0.25) is 4.79 Å². The van der Waals surface area contributed by atoms with Gasteiger partial charge in [0.2, 0.25) is 5.91 Å². The summed E-state index contributed by atoms with van der Waals surface area (Å²) in [5, 5.41) is 3.38. The molecule has 20 heavy (non-hydrogen) atoms. The summed E-state index contributed by atoms with van der Waals surface area (Å²) in [6, 6.07) is 10.6. The summed E-state index contributed by atoms with van der Waals surface area (Å²) >= 11 is 0. The average Bonchev–Trinajstić information content (AvgIpc) is 2.97. The number of hydrogen-bond donors (Lipinski definition) is 2. The molecule has 0 radical (unpaired) electrons. The van der Waals surface area contributed by atoms with Crippen molar-refractivity contribution in [3.8, 4) is 0 Å². The molecule has 0 saturated carbocycles. The lowest BCUT2D eigenvalue weighted by Crippen LogP contribution is -2.39. The summed E-state index contributed by atoms with van der Waals surface area (Å²) < 4.78 is 0. The van der Waals surface area contributed by atoms with Crippen molar-refractivity contribution < 1.29 is 4.79 Å². The standard InChI is InChI=1S/C16H25N3O/c17-9-12-19(11-8-14-5-2-1-3-6-14)16(20)13-15-7-4-10-18-15/h1-3,5-6,15,18H,4,7-13,17H2. The maximum Gasteiger partial charge on any atom is 0.224 e. The number of nitrogens with zero attached hydrogens (tertiary/aromatic N) is 1. The maximum absolute atomic E-state index is 12.3. The van der Waals surface area contributed by atoms with Gasteiger partial charge in [-0.15, -0.1) is 0 Å². The molecule has 1 aliphatic heterocycles. The van der Waals surface area contributed by atoms with Crippen molar-refractivity contribution in [1.29, 1.82) is 0 Å². The molecule has 1 aromatic carbocycles. The molecular weight excluding hydrogens is 250 g/mol. The molecular formula is C16H25N3O. The molecule has 4 heteroatoms. The van der Waals surface area contributed by atoms with Crippen LogP contribution in [0.25, 0.3) is 0 Å². The highest BCUT2D eigenvalue weighted by Crippen LogP contribution is 2.11. The number of benzene rings is 1. The molecule has 2 rings (SSSR count). The lowest BCUT2D eigenvalue weighted by atomic mass is 10.1. The van der Waals surface area contributed by atoms with E-state index in [0.717, 1.165) is 25.9 Å². The number of amides is 1. The van der Waals surface area contributed by atoms with Crippen LogP contribution in [0.4, 0.5) is 0 Å². The van der Waals surface area contributed by atoms with Gasteiger partial charge in [-0.2, -0.15) is 0 Å². The van der Waals surface area contributed by atoms with Crippen LogP contribution in [0.2, 0.25) is 0 Å². The number of carbonyl (C=O) groups excluding carboxylic acids is 1. The van der Waals surface area contributed by atoms with Gasteiger partial charge in [-0.1, -0.05) is 30.3 Å². The lowest BCUT2D eigenvalue weighted by Gasteiger charge is -2.23. The largest absolute Gasteiger partial charge is 0.341 e. The maximum atomic E-state index is 12.3. The molecule has 1 fully saturated rings. The molecule has 1 unspecified atom stereocenters.